The van der Waals surface area contributed by atoms with E-state index in [1.807, 2.05) is 10.6 Å². The fraction of sp³-hybridized carbons (Fsp3) is 0.462. The summed E-state index contributed by atoms with van der Waals surface area (Å²) in [4.78, 5) is 4.48. The summed E-state index contributed by atoms with van der Waals surface area (Å²) >= 11 is 7.55. The van der Waals surface area contributed by atoms with Gasteiger partial charge in [0.15, 0.2) is 0 Å². The molecule has 2 nitrogen and oxygen atoms in total. The predicted molar refractivity (Wildman–Crippen MR) is 77.1 cm³/mol. The van der Waals surface area contributed by atoms with Crippen LogP contribution in [0.15, 0.2) is 18.2 Å². The number of para-hydroxylation sites is 1. The number of alkyl halides is 1. The maximum atomic E-state index is 14.0. The number of thioether (sulfide) groups is 1. The zero-order chi connectivity index (χ0) is 13.1. The highest BCUT2D eigenvalue weighted by Crippen LogP contribution is 2.22. The van der Waals surface area contributed by atoms with E-state index < -0.39 is 0 Å². The molecule has 1 aromatic carbocycles. The lowest BCUT2D eigenvalue weighted by atomic mass is 10.3. The van der Waals surface area contributed by atoms with Gasteiger partial charge in [0.05, 0.1) is 5.52 Å². The van der Waals surface area contributed by atoms with Gasteiger partial charge < -0.3 is 4.57 Å². The maximum Gasteiger partial charge on any atom is 0.149 e. The molecule has 0 bridgehead atoms. The van der Waals surface area contributed by atoms with Crippen LogP contribution in [0.1, 0.15) is 12.7 Å². The van der Waals surface area contributed by atoms with Gasteiger partial charge in [-0.1, -0.05) is 13.0 Å². The van der Waals surface area contributed by atoms with E-state index in [1.54, 1.807) is 17.8 Å². The third kappa shape index (κ3) is 2.64. The molecule has 0 saturated carbocycles. The highest BCUT2D eigenvalue weighted by molar-refractivity contribution is 7.99. The van der Waals surface area contributed by atoms with E-state index in [-0.39, 0.29) is 5.82 Å². The molecule has 0 aliphatic heterocycles. The summed E-state index contributed by atoms with van der Waals surface area (Å²) in [6.45, 7) is 2.88. The Morgan fingerprint density at radius 3 is 2.94 bits per heavy atom. The molecule has 1 aromatic heterocycles. The maximum absolute atomic E-state index is 14.0. The van der Waals surface area contributed by atoms with E-state index in [1.165, 1.54) is 6.07 Å². The number of benzene rings is 1. The summed E-state index contributed by atoms with van der Waals surface area (Å²) in [5.41, 5.74) is 1.31. The van der Waals surface area contributed by atoms with Crippen molar-refractivity contribution in [3.05, 3.63) is 29.8 Å². The first kappa shape index (κ1) is 13.7. The van der Waals surface area contributed by atoms with Gasteiger partial charge in [-0.05, 0) is 18.4 Å². The molecule has 2 rings (SSSR count). The number of hydrogen-bond acceptors (Lipinski definition) is 2. The van der Waals surface area contributed by atoms with Gasteiger partial charge in [0.25, 0.3) is 0 Å². The molecule has 1 unspecified atom stereocenters. The van der Waals surface area contributed by atoms with Gasteiger partial charge in [-0.25, -0.2) is 9.37 Å². The lowest BCUT2D eigenvalue weighted by Crippen LogP contribution is -2.13. The zero-order valence-electron chi connectivity index (χ0n) is 10.5. The van der Waals surface area contributed by atoms with Gasteiger partial charge in [-0.15, -0.1) is 11.6 Å². The summed E-state index contributed by atoms with van der Waals surface area (Å²) < 4.78 is 15.9. The van der Waals surface area contributed by atoms with Crippen molar-refractivity contribution in [3.8, 4) is 0 Å². The van der Waals surface area contributed by atoms with Gasteiger partial charge in [0.2, 0.25) is 0 Å². The molecule has 1 atom stereocenters. The van der Waals surface area contributed by atoms with Gasteiger partial charge in [0, 0.05) is 24.1 Å². The van der Waals surface area contributed by atoms with Crippen molar-refractivity contribution in [1.29, 1.82) is 0 Å². The summed E-state index contributed by atoms with van der Waals surface area (Å²) in [5.74, 6) is 1.15. The Morgan fingerprint density at radius 1 is 1.50 bits per heavy atom. The number of rotatable bonds is 5. The second-order valence-electron chi connectivity index (χ2n) is 4.23. The van der Waals surface area contributed by atoms with Crippen molar-refractivity contribution < 1.29 is 4.39 Å². The topological polar surface area (TPSA) is 17.8 Å². The first-order valence-electron chi connectivity index (χ1n) is 5.89. The largest absolute Gasteiger partial charge is 0.324 e. The van der Waals surface area contributed by atoms with E-state index in [9.17, 15) is 4.39 Å². The minimum absolute atomic E-state index is 0.214. The van der Waals surface area contributed by atoms with Crippen LogP contribution < -0.4 is 0 Å². The van der Waals surface area contributed by atoms with E-state index >= 15 is 0 Å². The van der Waals surface area contributed by atoms with E-state index in [0.717, 1.165) is 12.4 Å². The van der Waals surface area contributed by atoms with Crippen molar-refractivity contribution in [2.45, 2.75) is 25.1 Å². The Labute approximate surface area is 116 Å². The number of imidazole rings is 1. The number of nitrogens with zero attached hydrogens (tertiary/aromatic N) is 2. The van der Waals surface area contributed by atoms with Crippen LogP contribution >= 0.6 is 23.4 Å². The Bertz CT molecular complexity index is 541. The van der Waals surface area contributed by atoms with Gasteiger partial charge in [0.1, 0.15) is 17.2 Å². The predicted octanol–water partition coefficient (Wildman–Crippen LogP) is 3.71. The fourth-order valence-corrected chi connectivity index (χ4v) is 2.46. The lowest BCUT2D eigenvalue weighted by Gasteiger charge is -2.13. The Morgan fingerprint density at radius 2 is 2.28 bits per heavy atom. The van der Waals surface area contributed by atoms with Crippen LogP contribution in [-0.4, -0.2) is 26.9 Å². The Kier molecular flexibility index (Phi) is 4.51. The molecule has 0 radical (unpaired) electrons. The Balaban J connectivity index is 2.53. The average molecular weight is 287 g/mol. The number of halogens is 2. The van der Waals surface area contributed by atoms with Crippen molar-refractivity contribution in [3.63, 3.8) is 0 Å². The molecule has 98 valence electrons. The average Bonchev–Trinajstić information content (AvgIpc) is 2.69. The lowest BCUT2D eigenvalue weighted by molar-refractivity contribution is 0.612. The standard InChI is InChI=1S/C13H16ClFN2S/c1-9(18-2)8-17-12(6-7-14)16-11-5-3-4-10(15)13(11)17/h3-5,9H,6-8H2,1-2H3. The van der Waals surface area contributed by atoms with E-state index in [0.29, 0.717) is 28.6 Å². The number of hydrogen-bond donors (Lipinski definition) is 0. The van der Waals surface area contributed by atoms with Crippen molar-refractivity contribution in [2.75, 3.05) is 12.1 Å². The third-order valence-electron chi connectivity index (χ3n) is 2.96. The molecule has 0 saturated heterocycles. The van der Waals surface area contributed by atoms with Crippen LogP contribution in [0.25, 0.3) is 11.0 Å². The number of aryl methyl sites for hydroxylation is 1. The van der Waals surface area contributed by atoms with E-state index in [2.05, 4.69) is 18.2 Å². The van der Waals surface area contributed by atoms with Crippen LogP contribution in [0, 0.1) is 5.82 Å². The first-order chi connectivity index (χ1) is 8.67. The molecule has 0 aliphatic rings. The minimum Gasteiger partial charge on any atom is -0.324 e. The summed E-state index contributed by atoms with van der Waals surface area (Å²) in [5, 5.41) is 0.413. The third-order valence-corrected chi connectivity index (χ3v) is 4.10. The summed E-state index contributed by atoms with van der Waals surface area (Å²) in [7, 11) is 0. The van der Waals surface area contributed by atoms with Crippen LogP contribution in [0.3, 0.4) is 0 Å². The van der Waals surface area contributed by atoms with Gasteiger partial charge >= 0.3 is 0 Å². The van der Waals surface area contributed by atoms with Crippen molar-refractivity contribution in [1.82, 2.24) is 9.55 Å². The second kappa shape index (κ2) is 5.93. The first-order valence-corrected chi connectivity index (χ1v) is 7.72. The van der Waals surface area contributed by atoms with Crippen LogP contribution in [0.4, 0.5) is 4.39 Å². The molecule has 0 aliphatic carbocycles. The molecule has 2 aromatic rings. The van der Waals surface area contributed by atoms with Crippen LogP contribution in [0.5, 0.6) is 0 Å². The van der Waals surface area contributed by atoms with Crippen LogP contribution in [0.2, 0.25) is 0 Å². The Hall–Kier alpha value is -0.740. The molecule has 0 amide bonds. The highest BCUT2D eigenvalue weighted by Gasteiger charge is 2.15. The molecule has 18 heavy (non-hydrogen) atoms. The number of fused-ring (bicyclic) bond motifs is 1. The summed E-state index contributed by atoms with van der Waals surface area (Å²) in [6.07, 6.45) is 2.72. The van der Waals surface area contributed by atoms with Crippen LogP contribution in [-0.2, 0) is 13.0 Å². The zero-order valence-corrected chi connectivity index (χ0v) is 12.1. The highest BCUT2D eigenvalue weighted by atomic mass is 35.5. The molecule has 0 spiro atoms. The second-order valence-corrected chi connectivity index (χ2v) is 5.89. The molecule has 5 heteroatoms. The quantitative estimate of drug-likeness (QED) is 0.780. The molecular formula is C13H16ClFN2S. The van der Waals surface area contributed by atoms with Gasteiger partial charge in [-0.2, -0.15) is 11.8 Å². The monoisotopic (exact) mass is 286 g/mol. The fourth-order valence-electron chi connectivity index (χ4n) is 1.99. The van der Waals surface area contributed by atoms with E-state index in [4.69, 9.17) is 11.6 Å². The smallest absolute Gasteiger partial charge is 0.149 e. The molecule has 0 fully saturated rings. The SMILES string of the molecule is CSC(C)Cn1c(CCCl)nc2cccc(F)c21. The molecule has 1 heterocycles. The van der Waals surface area contributed by atoms with Crippen molar-refractivity contribution >= 4 is 34.4 Å². The number of aromatic nitrogens is 2. The molecule has 0 N–H and O–H groups in total. The normalized spacial score (nSPS) is 13.1. The minimum atomic E-state index is -0.214. The van der Waals surface area contributed by atoms with Gasteiger partial charge in [-0.3, -0.25) is 0 Å². The molecular weight excluding hydrogens is 271 g/mol. The van der Waals surface area contributed by atoms with Crippen molar-refractivity contribution in [2.24, 2.45) is 0 Å². The summed E-state index contributed by atoms with van der Waals surface area (Å²) in [6, 6.07) is 5.02.